The van der Waals surface area contributed by atoms with Gasteiger partial charge in [0.05, 0.1) is 49.4 Å². The number of pyridine rings is 3. The van der Waals surface area contributed by atoms with Gasteiger partial charge in [0.2, 0.25) is 11.8 Å². The van der Waals surface area contributed by atoms with E-state index in [1.165, 1.54) is 0 Å². The topological polar surface area (TPSA) is 129 Å². The number of amidine groups is 1. The second-order valence-electron chi connectivity index (χ2n) is 13.4. The zero-order chi connectivity index (χ0) is 36.2. The molecule has 0 unspecified atom stereocenters. The first-order valence-corrected chi connectivity index (χ1v) is 17.7. The molecule has 0 spiro atoms. The summed E-state index contributed by atoms with van der Waals surface area (Å²) in [7, 11) is 3.29. The van der Waals surface area contributed by atoms with Gasteiger partial charge in [0.15, 0.2) is 0 Å². The summed E-state index contributed by atoms with van der Waals surface area (Å²) >= 11 is 0. The third-order valence-corrected chi connectivity index (χ3v) is 10.2. The summed E-state index contributed by atoms with van der Waals surface area (Å²) in [5.74, 6) is 1.91. The van der Waals surface area contributed by atoms with E-state index in [1.54, 1.807) is 26.6 Å². The van der Waals surface area contributed by atoms with Gasteiger partial charge in [-0.15, -0.1) is 0 Å². The third-order valence-electron chi connectivity index (χ3n) is 10.2. The molecular formula is C42H43N7O3. The lowest BCUT2D eigenvalue weighted by atomic mass is 9.89. The highest BCUT2D eigenvalue weighted by atomic mass is 16.5. The number of methoxy groups -OCH3 is 2. The van der Waals surface area contributed by atoms with E-state index in [1.807, 2.05) is 24.3 Å². The molecule has 0 saturated heterocycles. The van der Waals surface area contributed by atoms with E-state index in [0.717, 1.165) is 93.1 Å². The quantitative estimate of drug-likeness (QED) is 0.156. The number of aliphatic imine (C=N–C) groups is 1. The summed E-state index contributed by atoms with van der Waals surface area (Å²) in [6, 6.07) is 25.0. The van der Waals surface area contributed by atoms with Crippen molar-refractivity contribution in [1.29, 1.82) is 5.26 Å². The highest BCUT2D eigenvalue weighted by Gasteiger charge is 2.26. The van der Waals surface area contributed by atoms with Gasteiger partial charge in [0, 0.05) is 54.8 Å². The van der Waals surface area contributed by atoms with Crippen molar-refractivity contribution < 1.29 is 14.6 Å². The van der Waals surface area contributed by atoms with Crippen LogP contribution in [-0.2, 0) is 13.1 Å². The van der Waals surface area contributed by atoms with Gasteiger partial charge in [-0.25, -0.2) is 9.97 Å². The molecule has 0 amide bonds. The maximum Gasteiger partial charge on any atom is 0.224 e. The predicted octanol–water partition coefficient (Wildman–Crippen LogP) is 6.64. The SMILES string of the molecule is COc1nc(-c2cccc(-c3cccc(-c4ccc(C5=NCCN5Cc5cncc(C#N)c5)c(OC)n4)c3C)c2C)ccc1CN[C@@H]1CCC[C@@H]1O. The summed E-state index contributed by atoms with van der Waals surface area (Å²) < 4.78 is 11.6. The van der Waals surface area contributed by atoms with Gasteiger partial charge in [0.25, 0.3) is 0 Å². The van der Waals surface area contributed by atoms with E-state index in [9.17, 15) is 10.4 Å². The normalized spacial score (nSPS) is 16.8. The van der Waals surface area contributed by atoms with Gasteiger partial charge in [-0.1, -0.05) is 42.5 Å². The zero-order valence-electron chi connectivity index (χ0n) is 30.1. The molecule has 5 aromatic rings. The van der Waals surface area contributed by atoms with Crippen LogP contribution in [0.4, 0.5) is 0 Å². The number of ether oxygens (including phenoxy) is 2. The summed E-state index contributed by atoms with van der Waals surface area (Å²) in [5.41, 5.74) is 11.4. The minimum absolute atomic E-state index is 0.104. The molecule has 2 aliphatic rings. The highest BCUT2D eigenvalue weighted by molar-refractivity contribution is 6.02. The van der Waals surface area contributed by atoms with Crippen molar-refractivity contribution in [3.05, 3.63) is 113 Å². The Balaban J connectivity index is 1.15. The van der Waals surface area contributed by atoms with Crippen LogP contribution in [0.25, 0.3) is 33.6 Å². The van der Waals surface area contributed by atoms with Gasteiger partial charge in [0.1, 0.15) is 11.9 Å². The van der Waals surface area contributed by atoms with Crippen LogP contribution in [0.1, 0.15) is 52.6 Å². The fraction of sp³-hybridized carbons (Fsp3) is 0.310. The lowest BCUT2D eigenvalue weighted by Crippen LogP contribution is -2.35. The van der Waals surface area contributed by atoms with Crippen LogP contribution in [0, 0.1) is 25.2 Å². The number of benzene rings is 2. The maximum absolute atomic E-state index is 10.2. The summed E-state index contributed by atoms with van der Waals surface area (Å²) in [4.78, 5) is 21.1. The van der Waals surface area contributed by atoms with E-state index in [2.05, 4.69) is 77.6 Å². The molecule has 2 aromatic carbocycles. The number of rotatable bonds is 11. The summed E-state index contributed by atoms with van der Waals surface area (Å²) in [6.45, 7) is 6.87. The van der Waals surface area contributed by atoms with Gasteiger partial charge in [-0.3, -0.25) is 9.98 Å². The average molecular weight is 694 g/mol. The lowest BCUT2D eigenvalue weighted by Gasteiger charge is -2.22. The molecule has 264 valence electrons. The monoisotopic (exact) mass is 693 g/mol. The lowest BCUT2D eigenvalue weighted by molar-refractivity contribution is 0.148. The molecule has 0 radical (unpaired) electrons. The van der Waals surface area contributed by atoms with Crippen molar-refractivity contribution in [2.75, 3.05) is 27.3 Å². The van der Waals surface area contributed by atoms with Crippen LogP contribution in [0.3, 0.4) is 0 Å². The molecule has 4 heterocycles. The van der Waals surface area contributed by atoms with E-state index in [-0.39, 0.29) is 12.1 Å². The van der Waals surface area contributed by atoms with E-state index in [0.29, 0.717) is 37.0 Å². The number of nitrogens with one attached hydrogen (secondary N) is 1. The molecule has 10 nitrogen and oxygen atoms in total. The molecule has 1 aliphatic carbocycles. The van der Waals surface area contributed by atoms with Crippen LogP contribution in [-0.4, -0.2) is 70.2 Å². The maximum atomic E-state index is 10.2. The van der Waals surface area contributed by atoms with Crippen molar-refractivity contribution >= 4 is 5.84 Å². The van der Waals surface area contributed by atoms with Crippen molar-refractivity contribution in [2.24, 2.45) is 4.99 Å². The first-order valence-electron chi connectivity index (χ1n) is 17.7. The molecule has 52 heavy (non-hydrogen) atoms. The van der Waals surface area contributed by atoms with Crippen molar-refractivity contribution in [3.8, 4) is 51.5 Å². The zero-order valence-corrected chi connectivity index (χ0v) is 30.1. The Morgan fingerprint density at radius 1 is 0.846 bits per heavy atom. The number of hydrogen-bond donors (Lipinski definition) is 2. The fourth-order valence-corrected chi connectivity index (χ4v) is 7.42. The molecule has 7 rings (SSSR count). The molecule has 2 atom stereocenters. The van der Waals surface area contributed by atoms with Crippen LogP contribution < -0.4 is 14.8 Å². The van der Waals surface area contributed by atoms with Gasteiger partial charge < -0.3 is 24.8 Å². The average Bonchev–Trinajstić information content (AvgIpc) is 3.82. The number of nitrogens with zero attached hydrogens (tertiary/aromatic N) is 6. The third kappa shape index (κ3) is 6.98. The molecule has 2 N–H and O–H groups in total. The Kier molecular flexibility index (Phi) is 10.2. The van der Waals surface area contributed by atoms with Crippen molar-refractivity contribution in [2.45, 2.75) is 58.3 Å². The van der Waals surface area contributed by atoms with Gasteiger partial charge in [-0.2, -0.15) is 5.26 Å². The second-order valence-corrected chi connectivity index (χ2v) is 13.4. The Bertz CT molecular complexity index is 2180. The number of aliphatic hydroxyl groups excluding tert-OH is 1. The number of aromatic nitrogens is 3. The fourth-order valence-electron chi connectivity index (χ4n) is 7.42. The first-order chi connectivity index (χ1) is 25.4. The Morgan fingerprint density at radius 2 is 1.52 bits per heavy atom. The number of aliphatic hydroxyl groups is 1. The number of hydrogen-bond acceptors (Lipinski definition) is 10. The summed E-state index contributed by atoms with van der Waals surface area (Å²) in [5, 5.41) is 23.1. The Hall–Kier alpha value is -5.63. The molecule has 10 heteroatoms. The molecule has 3 aromatic heterocycles. The van der Waals surface area contributed by atoms with E-state index < -0.39 is 0 Å². The predicted molar refractivity (Wildman–Crippen MR) is 202 cm³/mol. The molecule has 1 fully saturated rings. The van der Waals surface area contributed by atoms with E-state index >= 15 is 0 Å². The van der Waals surface area contributed by atoms with Crippen LogP contribution >= 0.6 is 0 Å². The Morgan fingerprint density at radius 3 is 2.17 bits per heavy atom. The highest BCUT2D eigenvalue weighted by Crippen LogP contribution is 2.37. The van der Waals surface area contributed by atoms with Crippen LogP contribution in [0.2, 0.25) is 0 Å². The van der Waals surface area contributed by atoms with Crippen molar-refractivity contribution in [1.82, 2.24) is 25.2 Å². The number of nitriles is 1. The van der Waals surface area contributed by atoms with E-state index in [4.69, 9.17) is 24.4 Å². The van der Waals surface area contributed by atoms with Crippen LogP contribution in [0.15, 0.2) is 84.1 Å². The van der Waals surface area contributed by atoms with Gasteiger partial charge >= 0.3 is 0 Å². The Labute approximate surface area is 304 Å². The summed E-state index contributed by atoms with van der Waals surface area (Å²) in [6.07, 6.45) is 5.92. The van der Waals surface area contributed by atoms with Crippen LogP contribution in [0.5, 0.6) is 11.8 Å². The molecule has 1 aliphatic heterocycles. The molecular weight excluding hydrogens is 651 g/mol. The largest absolute Gasteiger partial charge is 0.481 e. The first kappa shape index (κ1) is 34.8. The minimum Gasteiger partial charge on any atom is -0.481 e. The van der Waals surface area contributed by atoms with Gasteiger partial charge in [-0.05, 0) is 85.2 Å². The van der Waals surface area contributed by atoms with Crippen molar-refractivity contribution in [3.63, 3.8) is 0 Å². The molecule has 1 saturated carbocycles. The smallest absolute Gasteiger partial charge is 0.224 e. The minimum atomic E-state index is -0.301. The second kappa shape index (κ2) is 15.3. The molecule has 0 bridgehead atoms. The standard InChI is InChI=1S/C42H43N7O3/c1-26-31(8-5-10-33(26)36-16-14-30(41(47-36)51-3)24-46-38-12-7-13-39(38)50)32-9-6-11-34(27(32)2)37-17-15-35(42(48-37)52-4)40-45-18-19-49(40)25-29-20-28(21-43)22-44-23-29/h5-6,8-11,14-17,20,22-23,38-39,46,50H,7,12-13,18-19,24-25H2,1-4H3/t38-,39+/m1/s1.